The van der Waals surface area contributed by atoms with E-state index < -0.39 is 0 Å². The maximum atomic E-state index is 13.0. The number of nitrogens with one attached hydrogen (secondary N) is 1. The van der Waals surface area contributed by atoms with E-state index in [1.807, 2.05) is 29.2 Å². The van der Waals surface area contributed by atoms with Crippen LogP contribution in [0.2, 0.25) is 4.34 Å². The van der Waals surface area contributed by atoms with E-state index in [9.17, 15) is 14.4 Å². The van der Waals surface area contributed by atoms with Crippen molar-refractivity contribution in [1.29, 1.82) is 0 Å². The quantitative estimate of drug-likeness (QED) is 0.673. The van der Waals surface area contributed by atoms with Crippen LogP contribution in [-0.2, 0) is 10.2 Å². The third-order valence-corrected chi connectivity index (χ3v) is 8.35. The van der Waals surface area contributed by atoms with Crippen LogP contribution in [0.1, 0.15) is 47.3 Å². The molecule has 3 aliphatic rings. The van der Waals surface area contributed by atoms with Gasteiger partial charge in [-0.15, -0.1) is 11.3 Å². The summed E-state index contributed by atoms with van der Waals surface area (Å²) in [6, 6.07) is 11.2. The molecule has 3 fully saturated rings. The number of anilines is 1. The first-order valence-electron chi connectivity index (χ1n) is 10.9. The number of hydrogen-bond acceptors (Lipinski definition) is 4. The smallest absolute Gasteiger partial charge is 0.324 e. The largest absolute Gasteiger partial charge is 0.370 e. The Bertz CT molecular complexity index is 1070. The molecule has 2 aromatic rings. The Morgan fingerprint density at radius 3 is 2.53 bits per heavy atom. The zero-order valence-corrected chi connectivity index (χ0v) is 19.1. The third kappa shape index (κ3) is 3.65. The molecule has 2 atom stereocenters. The Hall–Kier alpha value is -2.58. The molecule has 9 heteroatoms. The summed E-state index contributed by atoms with van der Waals surface area (Å²) in [7, 11) is 0. The number of amides is 4. The van der Waals surface area contributed by atoms with Crippen molar-refractivity contribution in [2.45, 2.75) is 49.6 Å². The van der Waals surface area contributed by atoms with E-state index in [-0.39, 0.29) is 35.3 Å². The molecular weight excluding hydrogens is 448 g/mol. The first-order valence-corrected chi connectivity index (χ1v) is 12.1. The maximum Gasteiger partial charge on any atom is 0.324 e. The molecule has 3 heterocycles. The van der Waals surface area contributed by atoms with Crippen LogP contribution in [0.3, 0.4) is 0 Å². The van der Waals surface area contributed by atoms with Gasteiger partial charge in [-0.2, -0.15) is 0 Å². The summed E-state index contributed by atoms with van der Waals surface area (Å²) in [5, 5.41) is 3.08. The number of carbonyl (C=O) groups is 3. The fourth-order valence-electron chi connectivity index (χ4n) is 5.30. The van der Waals surface area contributed by atoms with Crippen LogP contribution in [0, 0.1) is 0 Å². The molecule has 2 saturated heterocycles. The number of rotatable bonds is 6. The molecular formula is C23H25ClN4O3S. The molecule has 4 amide bonds. The average Bonchev–Trinajstić information content (AvgIpc) is 3.42. The highest BCUT2D eigenvalue weighted by Crippen LogP contribution is 2.46. The second-order valence-corrected chi connectivity index (χ2v) is 10.7. The van der Waals surface area contributed by atoms with Crippen molar-refractivity contribution >= 4 is 46.5 Å². The predicted octanol–water partition coefficient (Wildman–Crippen LogP) is 3.51. The average molecular weight is 473 g/mol. The van der Waals surface area contributed by atoms with Crippen molar-refractivity contribution in [3.8, 4) is 0 Å². The van der Waals surface area contributed by atoms with E-state index in [2.05, 4.69) is 5.32 Å². The van der Waals surface area contributed by atoms with Gasteiger partial charge >= 0.3 is 6.03 Å². The number of thiophene rings is 1. The standard InChI is InChI=1S/C23H25ClN4O3S/c24-19-7-6-18(32-19)21(30)26-16-8-11-27-17(16)13-28(22(27)31)15-4-2-14(3-5-15)23(9-1-10-23)12-20(25)29/h2-7,16-17H,1,8-13H2,(H2,25,29)(H,26,30)/t16-,17-/m1/s1. The lowest BCUT2D eigenvalue weighted by atomic mass is 9.62. The maximum absolute atomic E-state index is 13.0. The van der Waals surface area contributed by atoms with Gasteiger partial charge < -0.3 is 16.0 Å². The molecule has 0 radical (unpaired) electrons. The SMILES string of the molecule is NC(=O)CC1(c2ccc(N3C[C@@H]4[C@H](NC(=O)c5ccc(Cl)s5)CCN4C3=O)cc2)CCC1. The van der Waals surface area contributed by atoms with Crippen molar-refractivity contribution in [1.82, 2.24) is 10.2 Å². The van der Waals surface area contributed by atoms with Crippen LogP contribution in [0.5, 0.6) is 0 Å². The highest BCUT2D eigenvalue weighted by Gasteiger charge is 2.47. The number of primary amides is 1. The zero-order valence-electron chi connectivity index (χ0n) is 17.6. The third-order valence-electron chi connectivity index (χ3n) is 7.12. The van der Waals surface area contributed by atoms with Gasteiger partial charge in [0.1, 0.15) is 0 Å². The number of nitrogens with zero attached hydrogens (tertiary/aromatic N) is 2. The molecule has 1 aliphatic carbocycles. The van der Waals surface area contributed by atoms with Crippen LogP contribution in [-0.4, -0.2) is 47.9 Å². The van der Waals surface area contributed by atoms with Gasteiger partial charge in [-0.25, -0.2) is 4.79 Å². The van der Waals surface area contributed by atoms with Gasteiger partial charge in [-0.1, -0.05) is 30.2 Å². The number of urea groups is 1. The Morgan fingerprint density at radius 1 is 1.19 bits per heavy atom. The van der Waals surface area contributed by atoms with Gasteiger partial charge in [0.2, 0.25) is 5.91 Å². The van der Waals surface area contributed by atoms with Gasteiger partial charge in [0.15, 0.2) is 0 Å². The van der Waals surface area contributed by atoms with Gasteiger partial charge in [0.25, 0.3) is 5.91 Å². The van der Waals surface area contributed by atoms with Gasteiger partial charge in [0, 0.05) is 24.1 Å². The number of fused-ring (bicyclic) bond motifs is 1. The number of benzene rings is 1. The molecule has 0 spiro atoms. The summed E-state index contributed by atoms with van der Waals surface area (Å²) < 4.78 is 0.577. The molecule has 3 N–H and O–H groups in total. The van der Waals surface area contributed by atoms with Crippen molar-refractivity contribution in [3.63, 3.8) is 0 Å². The van der Waals surface area contributed by atoms with Gasteiger partial charge in [-0.05, 0) is 49.1 Å². The van der Waals surface area contributed by atoms with Crippen LogP contribution in [0.4, 0.5) is 10.5 Å². The molecule has 1 saturated carbocycles. The van der Waals surface area contributed by atoms with E-state index in [4.69, 9.17) is 17.3 Å². The highest BCUT2D eigenvalue weighted by atomic mass is 35.5. The van der Waals surface area contributed by atoms with Crippen LogP contribution in [0.25, 0.3) is 0 Å². The van der Waals surface area contributed by atoms with Crippen LogP contribution < -0.4 is 16.0 Å². The summed E-state index contributed by atoms with van der Waals surface area (Å²) in [6.07, 6.45) is 4.13. The molecule has 0 unspecified atom stereocenters. The van der Waals surface area contributed by atoms with Crippen LogP contribution >= 0.6 is 22.9 Å². The lowest BCUT2D eigenvalue weighted by molar-refractivity contribution is -0.120. The lowest BCUT2D eigenvalue weighted by Gasteiger charge is -2.42. The molecule has 5 rings (SSSR count). The number of nitrogens with two attached hydrogens (primary N) is 1. The number of hydrogen-bond donors (Lipinski definition) is 2. The molecule has 0 bridgehead atoms. The number of carbonyl (C=O) groups excluding carboxylic acids is 3. The Morgan fingerprint density at radius 2 is 1.94 bits per heavy atom. The van der Waals surface area contributed by atoms with E-state index in [0.29, 0.717) is 28.7 Å². The minimum absolute atomic E-state index is 0.0332. The Labute approximate surface area is 195 Å². The van der Waals surface area contributed by atoms with Crippen molar-refractivity contribution in [3.05, 3.63) is 51.2 Å². The minimum atomic E-state index is -0.276. The first-order chi connectivity index (χ1) is 15.4. The molecule has 168 valence electrons. The van der Waals surface area contributed by atoms with Crippen LogP contribution in [0.15, 0.2) is 36.4 Å². The molecule has 7 nitrogen and oxygen atoms in total. The highest BCUT2D eigenvalue weighted by molar-refractivity contribution is 7.18. The van der Waals surface area contributed by atoms with Crippen molar-refractivity contribution < 1.29 is 14.4 Å². The first kappa shape index (κ1) is 21.3. The van der Waals surface area contributed by atoms with Crippen molar-refractivity contribution in [2.75, 3.05) is 18.0 Å². The summed E-state index contributed by atoms with van der Waals surface area (Å²) in [6.45, 7) is 1.15. The summed E-state index contributed by atoms with van der Waals surface area (Å²) in [5.41, 5.74) is 7.26. The van der Waals surface area contributed by atoms with E-state index in [1.54, 1.807) is 17.0 Å². The second kappa shape index (κ2) is 8.08. The Balaban J connectivity index is 1.28. The number of halogens is 1. The second-order valence-electron chi connectivity index (χ2n) is 8.95. The fraction of sp³-hybridized carbons (Fsp3) is 0.435. The fourth-order valence-corrected chi connectivity index (χ4v) is 6.24. The topological polar surface area (TPSA) is 95.7 Å². The normalized spacial score (nSPS) is 23.7. The lowest BCUT2D eigenvalue weighted by Crippen LogP contribution is -2.44. The van der Waals surface area contributed by atoms with E-state index in [1.165, 1.54) is 11.3 Å². The summed E-state index contributed by atoms with van der Waals surface area (Å²) >= 11 is 7.20. The molecule has 1 aromatic heterocycles. The van der Waals surface area contributed by atoms with Gasteiger partial charge in [-0.3, -0.25) is 14.5 Å². The molecule has 32 heavy (non-hydrogen) atoms. The predicted molar refractivity (Wildman–Crippen MR) is 124 cm³/mol. The summed E-state index contributed by atoms with van der Waals surface area (Å²) in [5.74, 6) is -0.425. The molecule has 1 aromatic carbocycles. The summed E-state index contributed by atoms with van der Waals surface area (Å²) in [4.78, 5) is 41.4. The monoisotopic (exact) mass is 472 g/mol. The zero-order chi connectivity index (χ0) is 22.5. The van der Waals surface area contributed by atoms with E-state index >= 15 is 0 Å². The minimum Gasteiger partial charge on any atom is -0.370 e. The van der Waals surface area contributed by atoms with Gasteiger partial charge in [0.05, 0.1) is 27.8 Å². The Kier molecular flexibility index (Phi) is 5.37. The van der Waals surface area contributed by atoms with Crippen molar-refractivity contribution in [2.24, 2.45) is 5.73 Å². The molecule has 2 aliphatic heterocycles. The van der Waals surface area contributed by atoms with E-state index in [0.717, 1.165) is 36.9 Å².